The average molecular weight is 275 g/mol. The van der Waals surface area contributed by atoms with E-state index in [2.05, 4.69) is 10.3 Å². The van der Waals surface area contributed by atoms with Crippen LogP contribution >= 0.6 is 0 Å². The van der Waals surface area contributed by atoms with Crippen LogP contribution in [0.1, 0.15) is 29.8 Å². The van der Waals surface area contributed by atoms with Crippen molar-refractivity contribution in [2.45, 2.75) is 31.4 Å². The van der Waals surface area contributed by atoms with E-state index < -0.39 is 0 Å². The number of carbonyl (C=O) groups excluding carboxylic acids is 1. The summed E-state index contributed by atoms with van der Waals surface area (Å²) in [5.41, 5.74) is 1.42. The molecule has 108 valence electrons. The van der Waals surface area contributed by atoms with E-state index in [1.807, 2.05) is 12.1 Å². The number of anilines is 1. The molecule has 1 aliphatic carbocycles. The molecule has 2 fully saturated rings. The molecule has 2 unspecified atom stereocenters. The van der Waals surface area contributed by atoms with Crippen LogP contribution < -0.4 is 5.32 Å². The lowest BCUT2D eigenvalue weighted by molar-refractivity contribution is 0.0822. The second-order valence-corrected chi connectivity index (χ2v) is 5.84. The van der Waals surface area contributed by atoms with Crippen molar-refractivity contribution in [3.8, 4) is 0 Å². The Labute approximate surface area is 119 Å². The van der Waals surface area contributed by atoms with Crippen LogP contribution in [-0.2, 0) is 4.74 Å². The smallest absolute Gasteiger partial charge is 0.272 e. The number of nitrogens with one attached hydrogen (secondary N) is 1. The highest BCUT2D eigenvalue weighted by Gasteiger charge is 2.40. The minimum Gasteiger partial charge on any atom is -0.379 e. The average Bonchev–Trinajstić information content (AvgIpc) is 3.19. The second-order valence-electron chi connectivity index (χ2n) is 5.84. The van der Waals surface area contributed by atoms with Gasteiger partial charge in [0.15, 0.2) is 0 Å². The third-order valence-electron chi connectivity index (χ3n) is 3.96. The van der Waals surface area contributed by atoms with E-state index in [4.69, 9.17) is 4.74 Å². The molecule has 1 saturated carbocycles. The minimum atomic E-state index is -0.0740. The Balaban J connectivity index is 1.71. The first kappa shape index (κ1) is 13.4. The molecule has 0 aromatic carbocycles. The Bertz CT molecular complexity index is 500. The molecule has 1 aliphatic heterocycles. The van der Waals surface area contributed by atoms with Crippen LogP contribution in [0.25, 0.3) is 0 Å². The zero-order valence-electron chi connectivity index (χ0n) is 12.0. The van der Waals surface area contributed by atoms with Gasteiger partial charge >= 0.3 is 0 Å². The van der Waals surface area contributed by atoms with Gasteiger partial charge in [-0.05, 0) is 37.3 Å². The number of amides is 1. The van der Waals surface area contributed by atoms with E-state index in [-0.39, 0.29) is 5.91 Å². The summed E-state index contributed by atoms with van der Waals surface area (Å²) in [5, 5.41) is 3.51. The van der Waals surface area contributed by atoms with E-state index in [0.717, 1.165) is 24.6 Å². The first-order valence-electron chi connectivity index (χ1n) is 7.21. The molecule has 1 saturated heterocycles. The highest BCUT2D eigenvalue weighted by molar-refractivity contribution is 5.92. The summed E-state index contributed by atoms with van der Waals surface area (Å²) in [6.45, 7) is 0.827. The van der Waals surface area contributed by atoms with Crippen LogP contribution in [0.2, 0.25) is 0 Å². The second kappa shape index (κ2) is 5.40. The lowest BCUT2D eigenvalue weighted by Gasteiger charge is -2.21. The van der Waals surface area contributed by atoms with E-state index in [1.165, 1.54) is 17.7 Å². The monoisotopic (exact) mass is 275 g/mol. The van der Waals surface area contributed by atoms with E-state index in [9.17, 15) is 4.79 Å². The number of hydrogen-bond donors (Lipinski definition) is 1. The van der Waals surface area contributed by atoms with Crippen molar-refractivity contribution in [1.29, 1.82) is 0 Å². The van der Waals surface area contributed by atoms with Gasteiger partial charge in [-0.25, -0.2) is 0 Å². The van der Waals surface area contributed by atoms with Crippen molar-refractivity contribution in [1.82, 2.24) is 9.88 Å². The molecule has 2 aliphatic rings. The number of aromatic nitrogens is 1. The molecule has 0 bridgehead atoms. The van der Waals surface area contributed by atoms with Gasteiger partial charge in [0.1, 0.15) is 5.69 Å². The highest BCUT2D eigenvalue weighted by Crippen LogP contribution is 2.39. The van der Waals surface area contributed by atoms with Crippen LogP contribution in [-0.4, -0.2) is 48.6 Å². The SMILES string of the molecule is CN(C)C(=O)c1cc(NC2CCOC2C2CC2)ccn1. The predicted octanol–water partition coefficient (Wildman–Crippen LogP) is 1.76. The van der Waals surface area contributed by atoms with E-state index >= 15 is 0 Å². The molecule has 0 spiro atoms. The molecular formula is C15H21N3O2. The molecule has 0 radical (unpaired) electrons. The van der Waals surface area contributed by atoms with Crippen molar-refractivity contribution in [2.75, 3.05) is 26.0 Å². The summed E-state index contributed by atoms with van der Waals surface area (Å²) in [5.74, 6) is 0.648. The number of rotatable bonds is 4. The molecule has 20 heavy (non-hydrogen) atoms. The minimum absolute atomic E-state index is 0.0740. The van der Waals surface area contributed by atoms with Crippen molar-refractivity contribution in [3.63, 3.8) is 0 Å². The number of hydrogen-bond acceptors (Lipinski definition) is 4. The van der Waals surface area contributed by atoms with Crippen molar-refractivity contribution in [3.05, 3.63) is 24.0 Å². The van der Waals surface area contributed by atoms with Crippen LogP contribution in [0.3, 0.4) is 0 Å². The summed E-state index contributed by atoms with van der Waals surface area (Å²) in [6.07, 6.45) is 5.60. The molecule has 2 atom stereocenters. The topological polar surface area (TPSA) is 54.5 Å². The Morgan fingerprint density at radius 1 is 1.40 bits per heavy atom. The van der Waals surface area contributed by atoms with E-state index in [0.29, 0.717) is 17.8 Å². The normalized spacial score (nSPS) is 25.5. The first-order chi connectivity index (χ1) is 9.65. The van der Waals surface area contributed by atoms with E-state index in [1.54, 1.807) is 20.3 Å². The maximum Gasteiger partial charge on any atom is 0.272 e. The molecule has 3 rings (SSSR count). The van der Waals surface area contributed by atoms with Crippen molar-refractivity contribution in [2.24, 2.45) is 5.92 Å². The third kappa shape index (κ3) is 2.77. The molecule has 1 N–H and O–H groups in total. The van der Waals surface area contributed by atoms with Gasteiger partial charge in [-0.1, -0.05) is 0 Å². The quantitative estimate of drug-likeness (QED) is 0.910. The molecule has 5 heteroatoms. The molecule has 5 nitrogen and oxygen atoms in total. The van der Waals surface area contributed by atoms with Gasteiger partial charge < -0.3 is 15.0 Å². The van der Waals surface area contributed by atoms with Gasteiger partial charge in [-0.3, -0.25) is 9.78 Å². The largest absolute Gasteiger partial charge is 0.379 e. The van der Waals surface area contributed by atoms with Crippen LogP contribution in [0.15, 0.2) is 18.3 Å². The number of ether oxygens (including phenoxy) is 1. The third-order valence-corrected chi connectivity index (χ3v) is 3.96. The summed E-state index contributed by atoms with van der Waals surface area (Å²) in [4.78, 5) is 17.6. The Kier molecular flexibility index (Phi) is 3.61. The van der Waals surface area contributed by atoms with Gasteiger partial charge in [0.2, 0.25) is 0 Å². The Morgan fingerprint density at radius 3 is 2.90 bits per heavy atom. The van der Waals surface area contributed by atoms with Gasteiger partial charge in [-0.2, -0.15) is 0 Å². The van der Waals surface area contributed by atoms with Crippen LogP contribution in [0.5, 0.6) is 0 Å². The van der Waals surface area contributed by atoms with Gasteiger partial charge in [0, 0.05) is 32.6 Å². The van der Waals surface area contributed by atoms with Gasteiger partial charge in [0.25, 0.3) is 5.91 Å². The summed E-state index contributed by atoms with van der Waals surface area (Å²) < 4.78 is 5.82. The molecule has 1 aromatic rings. The van der Waals surface area contributed by atoms with Crippen LogP contribution in [0, 0.1) is 5.92 Å². The lowest BCUT2D eigenvalue weighted by Crippen LogP contribution is -2.31. The fraction of sp³-hybridized carbons (Fsp3) is 0.600. The van der Waals surface area contributed by atoms with Gasteiger partial charge in [-0.15, -0.1) is 0 Å². The van der Waals surface area contributed by atoms with Gasteiger partial charge in [0.05, 0.1) is 12.1 Å². The highest BCUT2D eigenvalue weighted by atomic mass is 16.5. The molecule has 1 amide bonds. The van der Waals surface area contributed by atoms with Crippen molar-refractivity contribution >= 4 is 11.6 Å². The fourth-order valence-electron chi connectivity index (χ4n) is 2.74. The number of carbonyl (C=O) groups is 1. The number of pyridine rings is 1. The standard InChI is InChI=1S/C15H21N3O2/c1-18(2)15(19)13-9-11(5-7-16-13)17-12-6-8-20-14(12)10-3-4-10/h5,7,9-10,12,14H,3-4,6,8H2,1-2H3,(H,16,17). The Hall–Kier alpha value is -1.62. The lowest BCUT2D eigenvalue weighted by atomic mass is 10.1. The predicted molar refractivity (Wildman–Crippen MR) is 76.7 cm³/mol. The zero-order chi connectivity index (χ0) is 14.1. The first-order valence-corrected chi connectivity index (χ1v) is 7.21. The van der Waals surface area contributed by atoms with Crippen molar-refractivity contribution < 1.29 is 9.53 Å². The number of nitrogens with zero attached hydrogens (tertiary/aromatic N) is 2. The summed E-state index contributed by atoms with van der Waals surface area (Å²) in [6, 6.07) is 4.09. The zero-order valence-corrected chi connectivity index (χ0v) is 12.0. The molecular weight excluding hydrogens is 254 g/mol. The maximum absolute atomic E-state index is 11.9. The summed E-state index contributed by atoms with van der Waals surface area (Å²) in [7, 11) is 3.47. The van der Waals surface area contributed by atoms with Crippen LogP contribution in [0.4, 0.5) is 5.69 Å². The molecule has 1 aromatic heterocycles. The Morgan fingerprint density at radius 2 is 2.20 bits per heavy atom. The maximum atomic E-state index is 11.9. The fourth-order valence-corrected chi connectivity index (χ4v) is 2.74. The summed E-state index contributed by atoms with van der Waals surface area (Å²) >= 11 is 0. The molecule has 2 heterocycles.